The predicted molar refractivity (Wildman–Crippen MR) is 114 cm³/mol. The second-order valence-corrected chi connectivity index (χ2v) is 9.03. The number of carbonyl (C=O) groups is 1. The summed E-state index contributed by atoms with van der Waals surface area (Å²) in [6, 6.07) is 8.40. The number of benzene rings is 1. The molecule has 2 amide bonds. The van der Waals surface area contributed by atoms with Crippen LogP contribution in [0.2, 0.25) is 0 Å². The molecule has 0 aliphatic carbocycles. The maximum atomic E-state index is 12.6. The second-order valence-electron chi connectivity index (χ2n) is 9.03. The largest absolute Gasteiger partial charge is 0.378 e. The Morgan fingerprint density at radius 3 is 2.39 bits per heavy atom. The van der Waals surface area contributed by atoms with Gasteiger partial charge >= 0.3 is 6.03 Å². The molecule has 0 radical (unpaired) electrons. The number of nitrogens with zero attached hydrogens (tertiary/aromatic N) is 3. The molecule has 1 aromatic rings. The molecule has 2 aliphatic rings. The lowest BCUT2D eigenvalue weighted by molar-refractivity contribution is 0.122. The van der Waals surface area contributed by atoms with Crippen molar-refractivity contribution in [2.45, 2.75) is 33.7 Å². The maximum Gasteiger partial charge on any atom is 0.317 e. The molecule has 0 spiro atoms. The van der Waals surface area contributed by atoms with Crippen LogP contribution < -0.4 is 10.2 Å². The Bertz CT molecular complexity index is 630. The number of piperazine rings is 1. The van der Waals surface area contributed by atoms with E-state index in [9.17, 15) is 4.79 Å². The molecule has 0 saturated carbocycles. The number of carbonyl (C=O) groups excluding carboxylic acids is 1. The number of anilines is 1. The van der Waals surface area contributed by atoms with Crippen molar-refractivity contribution in [1.82, 2.24) is 15.1 Å². The summed E-state index contributed by atoms with van der Waals surface area (Å²) in [7, 11) is 0. The summed E-state index contributed by atoms with van der Waals surface area (Å²) < 4.78 is 5.46. The Hall–Kier alpha value is -1.79. The smallest absolute Gasteiger partial charge is 0.317 e. The van der Waals surface area contributed by atoms with E-state index in [0.29, 0.717) is 12.0 Å². The minimum absolute atomic E-state index is 0.0484. The van der Waals surface area contributed by atoms with E-state index in [4.69, 9.17) is 4.74 Å². The van der Waals surface area contributed by atoms with Crippen LogP contribution in [-0.2, 0) is 11.3 Å². The fourth-order valence-electron chi connectivity index (χ4n) is 3.72. The lowest BCUT2D eigenvalue weighted by atomic mass is 9.92. The van der Waals surface area contributed by atoms with E-state index in [1.165, 1.54) is 17.7 Å². The summed E-state index contributed by atoms with van der Waals surface area (Å²) >= 11 is 0. The first kappa shape index (κ1) is 20.9. The number of para-hydroxylation sites is 1. The molecule has 3 rings (SSSR count). The lowest BCUT2D eigenvalue weighted by Gasteiger charge is -2.36. The van der Waals surface area contributed by atoms with Gasteiger partial charge in [-0.1, -0.05) is 39.0 Å². The zero-order chi connectivity index (χ0) is 20.0. The molecule has 28 heavy (non-hydrogen) atoms. The molecule has 2 saturated heterocycles. The normalized spacial score (nSPS) is 19.0. The molecule has 2 fully saturated rings. The van der Waals surface area contributed by atoms with Gasteiger partial charge in [-0.25, -0.2) is 4.79 Å². The Balaban J connectivity index is 1.46. The molecule has 1 aromatic carbocycles. The third kappa shape index (κ3) is 6.11. The number of urea groups is 1. The van der Waals surface area contributed by atoms with E-state index in [1.807, 2.05) is 11.0 Å². The molecule has 156 valence electrons. The van der Waals surface area contributed by atoms with Gasteiger partial charge < -0.3 is 19.9 Å². The van der Waals surface area contributed by atoms with E-state index in [0.717, 1.165) is 59.0 Å². The third-order valence-corrected chi connectivity index (χ3v) is 5.61. The molecule has 1 N–H and O–H groups in total. The lowest BCUT2D eigenvalue weighted by Crippen LogP contribution is -2.52. The van der Waals surface area contributed by atoms with Crippen molar-refractivity contribution in [3.8, 4) is 0 Å². The Morgan fingerprint density at radius 2 is 1.71 bits per heavy atom. The van der Waals surface area contributed by atoms with Gasteiger partial charge in [-0.15, -0.1) is 0 Å². The van der Waals surface area contributed by atoms with E-state index in [-0.39, 0.29) is 6.03 Å². The standard InChI is InChI=1S/C22H36N4O2/c1-22(2,3)8-9-24-10-12-26(13-11-24)21(27)23-18-19-6-4-5-7-20(19)25-14-16-28-17-15-25/h4-7H,8-18H2,1-3H3,(H,23,27). The Morgan fingerprint density at radius 1 is 1.04 bits per heavy atom. The minimum atomic E-state index is 0.0484. The molecular weight excluding hydrogens is 352 g/mol. The third-order valence-electron chi connectivity index (χ3n) is 5.61. The van der Waals surface area contributed by atoms with Gasteiger partial charge in [0.2, 0.25) is 0 Å². The number of amides is 2. The minimum Gasteiger partial charge on any atom is -0.378 e. The number of hydrogen-bond donors (Lipinski definition) is 1. The topological polar surface area (TPSA) is 48.0 Å². The van der Waals surface area contributed by atoms with Gasteiger partial charge in [0, 0.05) is 51.5 Å². The first-order valence-corrected chi connectivity index (χ1v) is 10.6. The molecule has 0 atom stereocenters. The van der Waals surface area contributed by atoms with Crippen molar-refractivity contribution in [2.75, 3.05) is 63.9 Å². The van der Waals surface area contributed by atoms with E-state index in [2.05, 4.69) is 54.1 Å². The Labute approximate surface area is 169 Å². The SMILES string of the molecule is CC(C)(C)CCN1CCN(C(=O)NCc2ccccc2N2CCOCC2)CC1. The fraction of sp³-hybridized carbons (Fsp3) is 0.682. The van der Waals surface area contributed by atoms with Crippen LogP contribution >= 0.6 is 0 Å². The second kappa shape index (κ2) is 9.61. The summed E-state index contributed by atoms with van der Waals surface area (Å²) in [4.78, 5) is 19.4. The number of hydrogen-bond acceptors (Lipinski definition) is 4. The van der Waals surface area contributed by atoms with E-state index >= 15 is 0 Å². The Kier molecular flexibility index (Phi) is 7.18. The molecule has 0 bridgehead atoms. The fourth-order valence-corrected chi connectivity index (χ4v) is 3.72. The molecule has 0 unspecified atom stereocenters. The van der Waals surface area contributed by atoms with Gasteiger partial charge in [0.1, 0.15) is 0 Å². The first-order chi connectivity index (χ1) is 13.4. The first-order valence-electron chi connectivity index (χ1n) is 10.6. The zero-order valence-electron chi connectivity index (χ0n) is 17.7. The van der Waals surface area contributed by atoms with Crippen molar-refractivity contribution >= 4 is 11.7 Å². The maximum absolute atomic E-state index is 12.6. The van der Waals surface area contributed by atoms with Crippen molar-refractivity contribution in [1.29, 1.82) is 0 Å². The van der Waals surface area contributed by atoms with Crippen LogP contribution in [0, 0.1) is 5.41 Å². The highest BCUT2D eigenvalue weighted by Gasteiger charge is 2.22. The predicted octanol–water partition coefficient (Wildman–Crippen LogP) is 2.79. The van der Waals surface area contributed by atoms with Crippen molar-refractivity contribution < 1.29 is 9.53 Å². The summed E-state index contributed by atoms with van der Waals surface area (Å²) in [6.07, 6.45) is 1.19. The van der Waals surface area contributed by atoms with Crippen LogP contribution in [-0.4, -0.2) is 74.9 Å². The summed E-state index contributed by atoms with van der Waals surface area (Å²) in [5.41, 5.74) is 2.74. The van der Waals surface area contributed by atoms with E-state index < -0.39 is 0 Å². The summed E-state index contributed by atoms with van der Waals surface area (Å²) in [5, 5.41) is 3.13. The highest BCUT2D eigenvalue weighted by molar-refractivity contribution is 5.74. The number of ether oxygens (including phenoxy) is 1. The van der Waals surface area contributed by atoms with E-state index in [1.54, 1.807) is 0 Å². The zero-order valence-corrected chi connectivity index (χ0v) is 17.7. The highest BCUT2D eigenvalue weighted by atomic mass is 16.5. The number of nitrogens with one attached hydrogen (secondary N) is 1. The quantitative estimate of drug-likeness (QED) is 0.843. The van der Waals surface area contributed by atoms with Gasteiger partial charge in [-0.05, 0) is 30.0 Å². The molecular formula is C22H36N4O2. The van der Waals surface area contributed by atoms with Crippen molar-refractivity contribution in [3.05, 3.63) is 29.8 Å². The van der Waals surface area contributed by atoms with Crippen LogP contribution in [0.3, 0.4) is 0 Å². The highest BCUT2D eigenvalue weighted by Crippen LogP contribution is 2.22. The monoisotopic (exact) mass is 388 g/mol. The molecule has 0 aromatic heterocycles. The van der Waals surface area contributed by atoms with Crippen LogP contribution in [0.5, 0.6) is 0 Å². The van der Waals surface area contributed by atoms with Gasteiger partial charge in [-0.2, -0.15) is 0 Å². The number of morpholine rings is 1. The van der Waals surface area contributed by atoms with Crippen LogP contribution in [0.4, 0.5) is 10.5 Å². The van der Waals surface area contributed by atoms with Gasteiger partial charge in [0.05, 0.1) is 13.2 Å². The summed E-state index contributed by atoms with van der Waals surface area (Å²) in [6.45, 7) is 15.4. The van der Waals surface area contributed by atoms with Gasteiger partial charge in [0.25, 0.3) is 0 Å². The van der Waals surface area contributed by atoms with Crippen LogP contribution in [0.15, 0.2) is 24.3 Å². The molecule has 2 aliphatic heterocycles. The van der Waals surface area contributed by atoms with Crippen LogP contribution in [0.1, 0.15) is 32.8 Å². The van der Waals surface area contributed by atoms with Crippen LogP contribution in [0.25, 0.3) is 0 Å². The molecule has 6 heteroatoms. The van der Waals surface area contributed by atoms with Gasteiger partial charge in [0.15, 0.2) is 0 Å². The van der Waals surface area contributed by atoms with Gasteiger partial charge in [-0.3, -0.25) is 4.90 Å². The van der Waals surface area contributed by atoms with Crippen molar-refractivity contribution in [3.63, 3.8) is 0 Å². The molecule has 6 nitrogen and oxygen atoms in total. The summed E-state index contributed by atoms with van der Waals surface area (Å²) in [5.74, 6) is 0. The van der Waals surface area contributed by atoms with Crippen molar-refractivity contribution in [2.24, 2.45) is 5.41 Å². The molecule has 2 heterocycles. The average molecular weight is 389 g/mol. The average Bonchev–Trinajstić information content (AvgIpc) is 2.71. The number of rotatable bonds is 5.